The zero-order valence-corrected chi connectivity index (χ0v) is 10.2. The maximum Gasteiger partial charge on any atom is 0.251 e. The normalized spacial score (nSPS) is 25.3. The van der Waals surface area contributed by atoms with Crippen molar-refractivity contribution < 1.29 is 15.0 Å². The van der Waals surface area contributed by atoms with E-state index < -0.39 is 17.6 Å². The van der Waals surface area contributed by atoms with Crippen LogP contribution in [-0.4, -0.2) is 33.3 Å². The Bertz CT molecular complexity index is 535. The Morgan fingerprint density at radius 3 is 2.67 bits per heavy atom. The zero-order valence-electron chi connectivity index (χ0n) is 10.2. The fourth-order valence-electron chi connectivity index (χ4n) is 2.05. The quantitative estimate of drug-likeness (QED) is 0.593. The summed E-state index contributed by atoms with van der Waals surface area (Å²) in [6.07, 6.45) is 0.0591. The van der Waals surface area contributed by atoms with Gasteiger partial charge in [0.1, 0.15) is 0 Å². The summed E-state index contributed by atoms with van der Waals surface area (Å²) in [5.41, 5.74) is -0.805. The van der Waals surface area contributed by atoms with Gasteiger partial charge in [0, 0.05) is 23.6 Å². The van der Waals surface area contributed by atoms with Crippen LogP contribution >= 0.6 is 0 Å². The number of hydrogen-bond donors (Lipinski definition) is 4. The predicted molar refractivity (Wildman–Crippen MR) is 64.4 cm³/mol. The van der Waals surface area contributed by atoms with Crippen LogP contribution in [0, 0.1) is 5.41 Å². The molecule has 1 aliphatic carbocycles. The van der Waals surface area contributed by atoms with Crippen molar-refractivity contribution >= 4 is 5.91 Å². The van der Waals surface area contributed by atoms with E-state index in [9.17, 15) is 19.8 Å². The van der Waals surface area contributed by atoms with Crippen LogP contribution < -0.4 is 10.9 Å². The largest absolute Gasteiger partial charge is 0.494 e. The van der Waals surface area contributed by atoms with E-state index in [0.717, 1.165) is 6.07 Å². The number of rotatable bonds is 2. The van der Waals surface area contributed by atoms with Gasteiger partial charge in [0.25, 0.3) is 11.5 Å². The number of pyridine rings is 1. The molecule has 1 fully saturated rings. The molecule has 1 aromatic heterocycles. The third-order valence-corrected chi connectivity index (χ3v) is 3.61. The van der Waals surface area contributed by atoms with Crippen molar-refractivity contribution in [2.45, 2.75) is 32.4 Å². The molecule has 6 nitrogen and oxygen atoms in total. The average molecular weight is 252 g/mol. The van der Waals surface area contributed by atoms with Crippen LogP contribution in [0.3, 0.4) is 0 Å². The summed E-state index contributed by atoms with van der Waals surface area (Å²) in [5.74, 6) is -0.776. The molecule has 1 aromatic rings. The Morgan fingerprint density at radius 1 is 1.50 bits per heavy atom. The lowest BCUT2D eigenvalue weighted by Gasteiger charge is -2.49. The number of hydrogen-bond acceptors (Lipinski definition) is 4. The Hall–Kier alpha value is -1.82. The molecule has 98 valence electrons. The zero-order chi connectivity index (χ0) is 13.5. The van der Waals surface area contributed by atoms with Gasteiger partial charge in [-0.1, -0.05) is 13.8 Å². The number of carbonyl (C=O) groups excluding carboxylic acids is 1. The maximum atomic E-state index is 11.9. The first-order chi connectivity index (χ1) is 8.30. The molecule has 1 saturated carbocycles. The first kappa shape index (κ1) is 12.6. The minimum atomic E-state index is -0.534. The number of amides is 1. The van der Waals surface area contributed by atoms with Crippen LogP contribution in [0.4, 0.5) is 0 Å². The van der Waals surface area contributed by atoms with E-state index in [1.807, 2.05) is 13.8 Å². The van der Waals surface area contributed by atoms with Gasteiger partial charge in [0.05, 0.1) is 11.7 Å². The van der Waals surface area contributed by atoms with Crippen molar-refractivity contribution in [2.75, 3.05) is 0 Å². The van der Waals surface area contributed by atoms with Crippen molar-refractivity contribution in [3.8, 4) is 5.88 Å². The molecule has 0 aliphatic heterocycles. The molecule has 2 atom stereocenters. The molecule has 0 aromatic carbocycles. The summed E-state index contributed by atoms with van der Waals surface area (Å²) in [6, 6.07) is 2.18. The second kappa shape index (κ2) is 4.13. The molecule has 0 saturated heterocycles. The molecular formula is C12H16N2O4. The van der Waals surface area contributed by atoms with Crippen LogP contribution in [0.5, 0.6) is 5.88 Å². The lowest BCUT2D eigenvalue weighted by molar-refractivity contribution is -0.0689. The van der Waals surface area contributed by atoms with Gasteiger partial charge in [-0.15, -0.1) is 0 Å². The summed E-state index contributed by atoms with van der Waals surface area (Å²) in [5, 5.41) is 21.5. The number of H-pyrrole nitrogens is 1. The average Bonchev–Trinajstić information content (AvgIpc) is 2.27. The highest BCUT2D eigenvalue weighted by molar-refractivity contribution is 5.94. The van der Waals surface area contributed by atoms with Gasteiger partial charge in [0.2, 0.25) is 0 Å². The molecule has 2 rings (SSSR count). The molecule has 1 aliphatic rings. The summed E-state index contributed by atoms with van der Waals surface area (Å²) in [4.78, 5) is 25.2. The second-order valence-corrected chi connectivity index (χ2v) is 5.22. The Kier molecular flexibility index (Phi) is 2.90. The van der Waals surface area contributed by atoms with E-state index in [0.29, 0.717) is 6.42 Å². The summed E-state index contributed by atoms with van der Waals surface area (Å²) >= 11 is 0. The third kappa shape index (κ3) is 2.11. The number of aromatic nitrogens is 1. The standard InChI is InChI=1S/C12H16N2O4/c1-12(2)7(5-8(12)15)13-11(18)6-3-9(16)14-10(17)4-6/h3-4,7-8,15H,5H2,1-2H3,(H,13,18)(H2,14,16,17). The first-order valence-electron chi connectivity index (χ1n) is 5.73. The Morgan fingerprint density at radius 2 is 2.17 bits per heavy atom. The van der Waals surface area contributed by atoms with Gasteiger partial charge in [-0.05, 0) is 6.42 Å². The van der Waals surface area contributed by atoms with Gasteiger partial charge in [-0.3, -0.25) is 14.6 Å². The van der Waals surface area contributed by atoms with Gasteiger partial charge in [0.15, 0.2) is 5.88 Å². The van der Waals surface area contributed by atoms with Crippen LogP contribution in [0.25, 0.3) is 0 Å². The second-order valence-electron chi connectivity index (χ2n) is 5.22. The topological polar surface area (TPSA) is 102 Å². The van der Waals surface area contributed by atoms with Gasteiger partial charge >= 0.3 is 0 Å². The Balaban J connectivity index is 2.11. The van der Waals surface area contributed by atoms with Crippen LogP contribution in [0.1, 0.15) is 30.6 Å². The van der Waals surface area contributed by atoms with E-state index in [2.05, 4.69) is 10.3 Å². The van der Waals surface area contributed by atoms with E-state index in [1.54, 1.807) is 0 Å². The van der Waals surface area contributed by atoms with Gasteiger partial charge in [-0.25, -0.2) is 0 Å². The fraction of sp³-hybridized carbons (Fsp3) is 0.500. The van der Waals surface area contributed by atoms with E-state index >= 15 is 0 Å². The monoisotopic (exact) mass is 252 g/mol. The molecule has 2 unspecified atom stereocenters. The lowest BCUT2D eigenvalue weighted by atomic mass is 9.64. The maximum absolute atomic E-state index is 11.9. The van der Waals surface area contributed by atoms with Crippen molar-refractivity contribution in [2.24, 2.45) is 5.41 Å². The third-order valence-electron chi connectivity index (χ3n) is 3.61. The molecule has 18 heavy (non-hydrogen) atoms. The summed E-state index contributed by atoms with van der Waals surface area (Å²) in [6.45, 7) is 3.72. The number of aliphatic hydroxyl groups excluding tert-OH is 1. The molecule has 6 heteroatoms. The molecule has 4 N–H and O–H groups in total. The molecule has 1 heterocycles. The van der Waals surface area contributed by atoms with Crippen molar-refractivity contribution in [1.82, 2.24) is 10.3 Å². The number of carbonyl (C=O) groups is 1. The van der Waals surface area contributed by atoms with E-state index in [1.165, 1.54) is 6.07 Å². The number of aliphatic hydroxyl groups is 1. The van der Waals surface area contributed by atoms with E-state index in [-0.39, 0.29) is 22.9 Å². The van der Waals surface area contributed by atoms with Crippen molar-refractivity contribution in [3.63, 3.8) is 0 Å². The molecule has 1 amide bonds. The molecular weight excluding hydrogens is 236 g/mol. The molecule has 0 radical (unpaired) electrons. The Labute approximate surface area is 104 Å². The van der Waals surface area contributed by atoms with Crippen molar-refractivity contribution in [1.29, 1.82) is 0 Å². The minimum absolute atomic E-state index is 0.105. The number of aromatic hydroxyl groups is 1. The highest BCUT2D eigenvalue weighted by atomic mass is 16.3. The number of aromatic amines is 1. The van der Waals surface area contributed by atoms with Crippen molar-refractivity contribution in [3.05, 3.63) is 28.0 Å². The lowest BCUT2D eigenvalue weighted by Crippen LogP contribution is -2.61. The van der Waals surface area contributed by atoms with Crippen LogP contribution in [0.2, 0.25) is 0 Å². The first-order valence-corrected chi connectivity index (χ1v) is 5.73. The van der Waals surface area contributed by atoms with Crippen LogP contribution in [-0.2, 0) is 0 Å². The summed E-state index contributed by atoms with van der Waals surface area (Å²) in [7, 11) is 0. The highest BCUT2D eigenvalue weighted by Gasteiger charge is 2.47. The van der Waals surface area contributed by atoms with Gasteiger partial charge < -0.3 is 15.5 Å². The number of nitrogens with one attached hydrogen (secondary N) is 2. The SMILES string of the molecule is CC1(C)C(O)CC1NC(=O)c1cc(O)[nH]c(=O)c1. The summed E-state index contributed by atoms with van der Waals surface area (Å²) < 4.78 is 0. The van der Waals surface area contributed by atoms with Crippen LogP contribution in [0.15, 0.2) is 16.9 Å². The minimum Gasteiger partial charge on any atom is -0.494 e. The highest BCUT2D eigenvalue weighted by Crippen LogP contribution is 2.40. The fourth-order valence-corrected chi connectivity index (χ4v) is 2.05. The van der Waals surface area contributed by atoms with E-state index in [4.69, 9.17) is 0 Å². The molecule has 0 spiro atoms. The van der Waals surface area contributed by atoms with Gasteiger partial charge in [-0.2, -0.15) is 0 Å². The molecule has 0 bridgehead atoms. The predicted octanol–water partition coefficient (Wildman–Crippen LogP) is -0.0303. The smallest absolute Gasteiger partial charge is 0.251 e.